The summed E-state index contributed by atoms with van der Waals surface area (Å²) in [5.74, 6) is 1.39. The van der Waals surface area contributed by atoms with Crippen molar-refractivity contribution in [2.24, 2.45) is 0 Å². The molecule has 0 fully saturated rings. The summed E-state index contributed by atoms with van der Waals surface area (Å²) in [7, 11) is 5.01. The minimum absolute atomic E-state index is 0.634. The van der Waals surface area contributed by atoms with Crippen LogP contribution in [0, 0.1) is 6.92 Å². The smallest absolute Gasteiger partial charge is 0.496 e. The number of benzene rings is 1. The topological polar surface area (TPSA) is 46.2 Å². The van der Waals surface area contributed by atoms with Crippen molar-refractivity contribution in [1.29, 1.82) is 0 Å². The predicted octanol–water partition coefficient (Wildman–Crippen LogP) is 1.10. The van der Waals surface area contributed by atoms with Crippen LogP contribution in [-0.4, -0.2) is 44.4 Å². The van der Waals surface area contributed by atoms with Gasteiger partial charge in [0.2, 0.25) is 0 Å². The second-order valence-corrected chi connectivity index (χ2v) is 6.57. The molecular weight excluding hydrogens is 252 g/mol. The number of rotatable bonds is 6. The van der Waals surface area contributed by atoms with Crippen LogP contribution in [-0.2, 0) is 13.3 Å². The molecule has 0 aliphatic carbocycles. The molecule has 18 heavy (non-hydrogen) atoms. The molecule has 0 aliphatic heterocycles. The van der Waals surface area contributed by atoms with E-state index in [1.54, 1.807) is 35.5 Å². The first-order valence-corrected chi connectivity index (χ1v) is 7.19. The van der Waals surface area contributed by atoms with Crippen LogP contribution in [0.3, 0.4) is 0 Å². The van der Waals surface area contributed by atoms with Crippen LogP contribution in [0.25, 0.3) is 0 Å². The third kappa shape index (κ3) is 2.51. The van der Waals surface area contributed by atoms with Crippen LogP contribution in [0.15, 0.2) is 12.1 Å². The summed E-state index contributed by atoms with van der Waals surface area (Å²) in [4.78, 5) is 0. The molecule has 0 unspecified atom stereocenters. The van der Waals surface area contributed by atoms with Crippen molar-refractivity contribution in [3.05, 3.63) is 17.7 Å². The SMILES string of the molecule is COc1cc(OC)c([Si](OC)(OC)OC)cc1C. The molecule has 0 aliphatic rings. The largest absolute Gasteiger partial charge is 0.540 e. The van der Waals surface area contributed by atoms with E-state index in [2.05, 4.69) is 0 Å². The first kappa shape index (κ1) is 15.0. The van der Waals surface area contributed by atoms with Crippen LogP contribution in [0.5, 0.6) is 11.5 Å². The zero-order valence-corrected chi connectivity index (χ0v) is 12.7. The highest BCUT2D eigenvalue weighted by molar-refractivity contribution is 6.76. The second-order valence-electron chi connectivity index (χ2n) is 3.69. The predicted molar refractivity (Wildman–Crippen MR) is 70.7 cm³/mol. The Labute approximate surface area is 109 Å². The Balaban J connectivity index is 3.42. The molecule has 0 bridgehead atoms. The molecule has 1 aromatic carbocycles. The highest BCUT2D eigenvalue weighted by Gasteiger charge is 2.44. The van der Waals surface area contributed by atoms with Gasteiger partial charge in [0.25, 0.3) is 0 Å². The van der Waals surface area contributed by atoms with Gasteiger partial charge < -0.3 is 22.8 Å². The van der Waals surface area contributed by atoms with E-state index in [1.807, 2.05) is 19.1 Å². The van der Waals surface area contributed by atoms with E-state index < -0.39 is 8.80 Å². The van der Waals surface area contributed by atoms with Gasteiger partial charge in [0, 0.05) is 27.4 Å². The van der Waals surface area contributed by atoms with Gasteiger partial charge in [-0.2, -0.15) is 0 Å². The van der Waals surface area contributed by atoms with E-state index >= 15 is 0 Å². The summed E-state index contributed by atoms with van der Waals surface area (Å²) in [5.41, 5.74) is 0.969. The summed E-state index contributed by atoms with van der Waals surface area (Å²) < 4.78 is 27.0. The molecule has 0 atom stereocenters. The van der Waals surface area contributed by atoms with Crippen LogP contribution >= 0.6 is 0 Å². The summed E-state index contributed by atoms with van der Waals surface area (Å²) in [5, 5.41) is 0.788. The quantitative estimate of drug-likeness (QED) is 0.726. The zero-order chi connectivity index (χ0) is 13.8. The first-order valence-electron chi connectivity index (χ1n) is 5.47. The molecular formula is C12H20O5Si. The lowest BCUT2D eigenvalue weighted by atomic mass is 10.2. The van der Waals surface area contributed by atoms with Crippen molar-refractivity contribution in [3.63, 3.8) is 0 Å². The summed E-state index contributed by atoms with van der Waals surface area (Å²) >= 11 is 0. The number of methoxy groups -OCH3 is 2. The van der Waals surface area contributed by atoms with Crippen molar-refractivity contribution in [1.82, 2.24) is 0 Å². The molecule has 0 N–H and O–H groups in total. The van der Waals surface area contributed by atoms with Crippen LogP contribution < -0.4 is 14.7 Å². The van der Waals surface area contributed by atoms with E-state index in [0.717, 1.165) is 16.5 Å². The average molecular weight is 272 g/mol. The molecule has 1 rings (SSSR count). The Morgan fingerprint density at radius 2 is 1.28 bits per heavy atom. The van der Waals surface area contributed by atoms with E-state index in [-0.39, 0.29) is 0 Å². The van der Waals surface area contributed by atoms with Crippen LogP contribution in [0.1, 0.15) is 5.56 Å². The van der Waals surface area contributed by atoms with Gasteiger partial charge in [-0.1, -0.05) is 0 Å². The lowest BCUT2D eigenvalue weighted by Crippen LogP contribution is -2.55. The van der Waals surface area contributed by atoms with Crippen molar-refractivity contribution >= 4 is 14.0 Å². The molecule has 0 aromatic heterocycles. The maximum Gasteiger partial charge on any atom is 0.540 e. The summed E-state index contributed by atoms with van der Waals surface area (Å²) in [6.07, 6.45) is 0. The van der Waals surface area contributed by atoms with Crippen molar-refractivity contribution in [2.45, 2.75) is 6.92 Å². The lowest BCUT2D eigenvalue weighted by molar-refractivity contribution is 0.139. The Bertz CT molecular complexity index is 395. The van der Waals surface area contributed by atoms with Gasteiger partial charge in [-0.05, 0) is 18.6 Å². The maximum absolute atomic E-state index is 5.47. The normalized spacial score (nSPS) is 11.4. The standard InChI is InChI=1S/C12H20O5Si/c1-9-7-12(18(15-4,16-5)17-6)11(14-3)8-10(9)13-2/h7-8H,1-6H3. The molecule has 0 amide bonds. The summed E-state index contributed by atoms with van der Waals surface area (Å²) in [6.45, 7) is 1.95. The van der Waals surface area contributed by atoms with E-state index in [9.17, 15) is 0 Å². The Kier molecular flexibility index (Phi) is 5.15. The Morgan fingerprint density at radius 1 is 0.778 bits per heavy atom. The zero-order valence-electron chi connectivity index (χ0n) is 11.7. The van der Waals surface area contributed by atoms with Gasteiger partial charge in [-0.3, -0.25) is 0 Å². The molecule has 0 radical (unpaired) electrons. The van der Waals surface area contributed by atoms with E-state index in [4.69, 9.17) is 22.8 Å². The van der Waals surface area contributed by atoms with E-state index in [1.165, 1.54) is 0 Å². The van der Waals surface area contributed by atoms with Gasteiger partial charge in [-0.15, -0.1) is 0 Å². The van der Waals surface area contributed by atoms with Gasteiger partial charge >= 0.3 is 8.80 Å². The highest BCUT2D eigenvalue weighted by atomic mass is 28.4. The third-order valence-corrected chi connectivity index (χ3v) is 5.52. The van der Waals surface area contributed by atoms with Gasteiger partial charge in [-0.25, -0.2) is 0 Å². The lowest BCUT2D eigenvalue weighted by Gasteiger charge is -2.26. The molecule has 0 spiro atoms. The number of ether oxygens (including phenoxy) is 2. The molecule has 5 nitrogen and oxygen atoms in total. The number of hydrogen-bond acceptors (Lipinski definition) is 5. The Morgan fingerprint density at radius 3 is 1.67 bits per heavy atom. The molecule has 6 heteroatoms. The fourth-order valence-corrected chi connectivity index (χ4v) is 3.91. The monoisotopic (exact) mass is 272 g/mol. The van der Waals surface area contributed by atoms with Crippen LogP contribution in [0.2, 0.25) is 0 Å². The minimum atomic E-state index is -2.91. The fraction of sp³-hybridized carbons (Fsp3) is 0.500. The van der Waals surface area contributed by atoms with Gasteiger partial charge in [0.1, 0.15) is 11.5 Å². The molecule has 102 valence electrons. The molecule has 0 heterocycles. The molecule has 1 aromatic rings. The highest BCUT2D eigenvalue weighted by Crippen LogP contribution is 2.25. The number of aryl methyl sites for hydroxylation is 1. The molecule has 0 saturated heterocycles. The fourth-order valence-electron chi connectivity index (χ4n) is 1.88. The van der Waals surface area contributed by atoms with Crippen LogP contribution in [0.4, 0.5) is 0 Å². The minimum Gasteiger partial charge on any atom is -0.496 e. The Hall–Kier alpha value is -1.08. The molecule has 0 saturated carbocycles. The number of hydrogen-bond donors (Lipinski definition) is 0. The second kappa shape index (κ2) is 6.19. The van der Waals surface area contributed by atoms with E-state index in [0.29, 0.717) is 5.75 Å². The maximum atomic E-state index is 5.47. The van der Waals surface area contributed by atoms with Gasteiger partial charge in [0.05, 0.1) is 19.4 Å². The van der Waals surface area contributed by atoms with Crippen molar-refractivity contribution in [3.8, 4) is 11.5 Å². The summed E-state index contributed by atoms with van der Waals surface area (Å²) in [6, 6.07) is 3.73. The van der Waals surface area contributed by atoms with Crippen molar-refractivity contribution < 1.29 is 22.8 Å². The average Bonchev–Trinajstić information content (AvgIpc) is 2.41. The first-order chi connectivity index (χ1) is 8.58. The van der Waals surface area contributed by atoms with Gasteiger partial charge in [0.15, 0.2) is 0 Å². The third-order valence-electron chi connectivity index (χ3n) is 2.85. The van der Waals surface area contributed by atoms with Crippen molar-refractivity contribution in [2.75, 3.05) is 35.5 Å².